The molecule has 2 amide bonds. The van der Waals surface area contributed by atoms with Gasteiger partial charge in [-0.15, -0.1) is 0 Å². The third-order valence-electron chi connectivity index (χ3n) is 4.11. The summed E-state index contributed by atoms with van der Waals surface area (Å²) < 4.78 is 22.6. The summed E-state index contributed by atoms with van der Waals surface area (Å²) in [5.41, 5.74) is 0. The van der Waals surface area contributed by atoms with Crippen LogP contribution in [-0.2, 0) is 9.84 Å². The fraction of sp³-hybridized carbons (Fsp3) is 0.923. The number of hydrogen-bond acceptors (Lipinski definition) is 3. The topological polar surface area (TPSA) is 75.3 Å². The van der Waals surface area contributed by atoms with Crippen molar-refractivity contribution in [1.29, 1.82) is 0 Å². The normalized spacial score (nSPS) is 27.1. The van der Waals surface area contributed by atoms with E-state index in [9.17, 15) is 13.2 Å². The second-order valence-corrected chi connectivity index (χ2v) is 8.02. The Labute approximate surface area is 115 Å². The highest BCUT2D eigenvalue weighted by molar-refractivity contribution is 7.91. The van der Waals surface area contributed by atoms with Crippen LogP contribution in [0.2, 0.25) is 0 Å². The second-order valence-electron chi connectivity index (χ2n) is 5.79. The van der Waals surface area contributed by atoms with E-state index in [0.717, 1.165) is 25.7 Å². The summed E-state index contributed by atoms with van der Waals surface area (Å²) in [5.74, 6) is 0.824. The average molecular weight is 288 g/mol. The number of urea groups is 1. The van der Waals surface area contributed by atoms with E-state index in [4.69, 9.17) is 0 Å². The minimum Gasteiger partial charge on any atom is -0.338 e. The summed E-state index contributed by atoms with van der Waals surface area (Å²) in [4.78, 5) is 11.7. The predicted molar refractivity (Wildman–Crippen MR) is 74.8 cm³/mol. The largest absolute Gasteiger partial charge is 0.338 e. The molecule has 5 nitrogen and oxygen atoms in total. The molecule has 1 atom stereocenters. The Hall–Kier alpha value is -0.780. The van der Waals surface area contributed by atoms with Crippen LogP contribution in [0.25, 0.3) is 0 Å². The van der Waals surface area contributed by atoms with E-state index in [-0.39, 0.29) is 11.9 Å². The van der Waals surface area contributed by atoms with Crippen molar-refractivity contribution in [2.24, 2.45) is 5.92 Å². The van der Waals surface area contributed by atoms with Crippen LogP contribution < -0.4 is 10.6 Å². The lowest BCUT2D eigenvalue weighted by Gasteiger charge is -2.23. The highest BCUT2D eigenvalue weighted by atomic mass is 32.2. The van der Waals surface area contributed by atoms with Crippen LogP contribution in [0.3, 0.4) is 0 Å². The van der Waals surface area contributed by atoms with Gasteiger partial charge in [0.2, 0.25) is 0 Å². The molecule has 2 aliphatic rings. The van der Waals surface area contributed by atoms with Crippen LogP contribution in [0.15, 0.2) is 0 Å². The Morgan fingerprint density at radius 3 is 2.47 bits per heavy atom. The van der Waals surface area contributed by atoms with Crippen molar-refractivity contribution in [3.63, 3.8) is 0 Å². The Morgan fingerprint density at radius 2 is 1.84 bits per heavy atom. The first-order valence-corrected chi connectivity index (χ1v) is 9.12. The van der Waals surface area contributed by atoms with Crippen molar-refractivity contribution in [2.75, 3.05) is 18.1 Å². The molecule has 6 heteroatoms. The van der Waals surface area contributed by atoms with Gasteiger partial charge in [0.05, 0.1) is 11.5 Å². The number of rotatable bonds is 4. The molecule has 0 aromatic heterocycles. The van der Waals surface area contributed by atoms with Gasteiger partial charge in [-0.3, -0.25) is 0 Å². The minimum absolute atomic E-state index is 0.104. The highest BCUT2D eigenvalue weighted by Crippen LogP contribution is 2.21. The van der Waals surface area contributed by atoms with E-state index in [1.165, 1.54) is 19.3 Å². The zero-order chi connectivity index (χ0) is 13.7. The SMILES string of the molecule is O=C(NCCC1CCS(=O)(=O)C1)NC1CCCCC1. The molecule has 19 heavy (non-hydrogen) atoms. The molecule has 1 saturated heterocycles. The van der Waals surface area contributed by atoms with Gasteiger partial charge >= 0.3 is 6.03 Å². The number of amides is 2. The first kappa shape index (κ1) is 14.6. The van der Waals surface area contributed by atoms with E-state index in [2.05, 4.69) is 10.6 Å². The van der Waals surface area contributed by atoms with E-state index >= 15 is 0 Å². The maximum Gasteiger partial charge on any atom is 0.315 e. The Bertz CT molecular complexity index is 402. The number of carbonyl (C=O) groups is 1. The summed E-state index contributed by atoms with van der Waals surface area (Å²) >= 11 is 0. The molecule has 0 bridgehead atoms. The molecule has 2 fully saturated rings. The van der Waals surface area contributed by atoms with Crippen molar-refractivity contribution < 1.29 is 13.2 Å². The molecule has 1 aliphatic heterocycles. The van der Waals surface area contributed by atoms with Gasteiger partial charge in [-0.05, 0) is 31.6 Å². The lowest BCUT2D eigenvalue weighted by molar-refractivity contribution is 0.232. The Balaban J connectivity index is 1.59. The van der Waals surface area contributed by atoms with Crippen molar-refractivity contribution in [2.45, 2.75) is 51.0 Å². The lowest BCUT2D eigenvalue weighted by atomic mass is 9.96. The first-order valence-electron chi connectivity index (χ1n) is 7.30. The van der Waals surface area contributed by atoms with Gasteiger partial charge in [0.1, 0.15) is 0 Å². The van der Waals surface area contributed by atoms with Gasteiger partial charge in [0, 0.05) is 12.6 Å². The van der Waals surface area contributed by atoms with E-state index in [0.29, 0.717) is 24.1 Å². The van der Waals surface area contributed by atoms with E-state index < -0.39 is 9.84 Å². The van der Waals surface area contributed by atoms with Crippen LogP contribution in [-0.4, -0.2) is 38.5 Å². The fourth-order valence-electron chi connectivity index (χ4n) is 2.97. The van der Waals surface area contributed by atoms with E-state index in [1.54, 1.807) is 0 Å². The molecule has 110 valence electrons. The van der Waals surface area contributed by atoms with Crippen LogP contribution in [0.1, 0.15) is 44.9 Å². The van der Waals surface area contributed by atoms with Gasteiger partial charge in [0.25, 0.3) is 0 Å². The zero-order valence-electron chi connectivity index (χ0n) is 11.4. The van der Waals surface area contributed by atoms with Crippen LogP contribution in [0.4, 0.5) is 4.79 Å². The quantitative estimate of drug-likeness (QED) is 0.822. The summed E-state index contributed by atoms with van der Waals surface area (Å²) in [6, 6.07) is 0.216. The first-order chi connectivity index (χ1) is 9.05. The predicted octanol–water partition coefficient (Wildman–Crippen LogP) is 1.44. The second kappa shape index (κ2) is 6.59. The maximum absolute atomic E-state index is 11.7. The minimum atomic E-state index is -2.80. The molecule has 0 aromatic rings. The third-order valence-corrected chi connectivity index (χ3v) is 5.94. The van der Waals surface area contributed by atoms with Crippen molar-refractivity contribution in [1.82, 2.24) is 10.6 Å². The third kappa shape index (κ3) is 5.01. The van der Waals surface area contributed by atoms with Gasteiger partial charge in [-0.25, -0.2) is 13.2 Å². The Morgan fingerprint density at radius 1 is 1.11 bits per heavy atom. The standard InChI is InChI=1S/C13H24N2O3S/c16-13(15-12-4-2-1-3-5-12)14-8-6-11-7-9-19(17,18)10-11/h11-12H,1-10H2,(H2,14,15,16). The molecule has 2 rings (SSSR count). The Kier molecular flexibility index (Phi) is 5.07. The molecule has 0 radical (unpaired) electrons. The zero-order valence-corrected chi connectivity index (χ0v) is 12.2. The summed E-state index contributed by atoms with van der Waals surface area (Å²) in [6.07, 6.45) is 7.33. The smallest absolute Gasteiger partial charge is 0.315 e. The summed E-state index contributed by atoms with van der Waals surface area (Å²) in [5, 5.41) is 5.83. The average Bonchev–Trinajstić information content (AvgIpc) is 2.70. The van der Waals surface area contributed by atoms with E-state index in [1.807, 2.05) is 0 Å². The molecule has 1 aliphatic carbocycles. The molecule has 1 heterocycles. The molecule has 1 saturated carbocycles. The lowest BCUT2D eigenvalue weighted by Crippen LogP contribution is -2.43. The van der Waals surface area contributed by atoms with Crippen LogP contribution in [0, 0.1) is 5.92 Å². The fourth-order valence-corrected chi connectivity index (χ4v) is 4.88. The number of nitrogens with one attached hydrogen (secondary N) is 2. The van der Waals surface area contributed by atoms with Crippen molar-refractivity contribution >= 4 is 15.9 Å². The molecule has 0 aromatic carbocycles. The number of hydrogen-bond donors (Lipinski definition) is 2. The molecule has 2 N–H and O–H groups in total. The van der Waals surface area contributed by atoms with Crippen LogP contribution in [0.5, 0.6) is 0 Å². The molecule has 1 unspecified atom stereocenters. The van der Waals surface area contributed by atoms with Gasteiger partial charge in [-0.2, -0.15) is 0 Å². The molecular weight excluding hydrogens is 264 g/mol. The number of sulfone groups is 1. The molecular formula is C13H24N2O3S. The highest BCUT2D eigenvalue weighted by Gasteiger charge is 2.27. The maximum atomic E-state index is 11.7. The van der Waals surface area contributed by atoms with Gasteiger partial charge in [0.15, 0.2) is 9.84 Å². The van der Waals surface area contributed by atoms with Gasteiger partial charge in [-0.1, -0.05) is 19.3 Å². The number of carbonyl (C=O) groups excluding carboxylic acids is 1. The summed E-state index contributed by atoms with van der Waals surface area (Å²) in [6.45, 7) is 0.568. The van der Waals surface area contributed by atoms with Gasteiger partial charge < -0.3 is 10.6 Å². The molecule has 0 spiro atoms. The monoisotopic (exact) mass is 288 g/mol. The van der Waals surface area contributed by atoms with Crippen LogP contribution >= 0.6 is 0 Å². The van der Waals surface area contributed by atoms with Crippen molar-refractivity contribution in [3.8, 4) is 0 Å². The summed E-state index contributed by atoms with van der Waals surface area (Å²) in [7, 11) is -2.80. The van der Waals surface area contributed by atoms with Crippen molar-refractivity contribution in [3.05, 3.63) is 0 Å².